The molecule has 1 aromatic carbocycles. The number of halogens is 2. The van der Waals surface area contributed by atoms with Crippen LogP contribution in [0.3, 0.4) is 0 Å². The van der Waals surface area contributed by atoms with Gasteiger partial charge in [0.1, 0.15) is 0 Å². The Morgan fingerprint density at radius 2 is 2.21 bits per heavy atom. The maximum atomic E-state index is 12.0. The van der Waals surface area contributed by atoms with Crippen LogP contribution < -0.4 is 10.6 Å². The summed E-state index contributed by atoms with van der Waals surface area (Å²) in [6.45, 7) is 2.34. The second-order valence-corrected chi connectivity index (χ2v) is 5.57. The van der Waals surface area contributed by atoms with Crippen molar-refractivity contribution in [2.75, 3.05) is 6.54 Å². The molecule has 4 nitrogen and oxygen atoms in total. The van der Waals surface area contributed by atoms with Crippen LogP contribution in [0.1, 0.15) is 24.9 Å². The van der Waals surface area contributed by atoms with Gasteiger partial charge in [-0.1, -0.05) is 29.3 Å². The Bertz CT molecular complexity index is 482. The highest BCUT2D eigenvalue weighted by atomic mass is 35.5. The maximum absolute atomic E-state index is 12.0. The number of carbonyl (C=O) groups excluding carboxylic acids is 1. The zero-order valence-electron chi connectivity index (χ0n) is 10.5. The van der Waals surface area contributed by atoms with Gasteiger partial charge in [0, 0.05) is 6.54 Å². The standard InChI is InChI=1S/C13H16Cl2N2O2/c1-7(8-2-3-10(14)11(15)4-8)17-13(19)12-5-9(18)6-16-12/h2-4,7,9,12,16,18H,5-6H2,1H3,(H,17,19). The topological polar surface area (TPSA) is 61.4 Å². The lowest BCUT2D eigenvalue weighted by atomic mass is 10.1. The molecule has 0 bridgehead atoms. The minimum atomic E-state index is -0.448. The molecule has 104 valence electrons. The maximum Gasteiger partial charge on any atom is 0.237 e. The third kappa shape index (κ3) is 3.60. The van der Waals surface area contributed by atoms with Crippen LogP contribution in [0.2, 0.25) is 10.0 Å². The van der Waals surface area contributed by atoms with Gasteiger partial charge in [-0.05, 0) is 31.0 Å². The molecule has 1 heterocycles. The van der Waals surface area contributed by atoms with Crippen molar-refractivity contribution in [1.82, 2.24) is 10.6 Å². The number of aliphatic hydroxyl groups excluding tert-OH is 1. The Morgan fingerprint density at radius 1 is 1.47 bits per heavy atom. The van der Waals surface area contributed by atoms with Crippen LogP contribution in [0, 0.1) is 0 Å². The van der Waals surface area contributed by atoms with E-state index < -0.39 is 6.10 Å². The zero-order valence-corrected chi connectivity index (χ0v) is 12.0. The average molecular weight is 303 g/mol. The first-order valence-corrected chi connectivity index (χ1v) is 6.89. The zero-order chi connectivity index (χ0) is 14.0. The molecule has 3 N–H and O–H groups in total. The second-order valence-electron chi connectivity index (χ2n) is 4.75. The molecular weight excluding hydrogens is 287 g/mol. The molecule has 1 aliphatic heterocycles. The minimum absolute atomic E-state index is 0.116. The highest BCUT2D eigenvalue weighted by Crippen LogP contribution is 2.25. The molecular formula is C13H16Cl2N2O2. The number of carbonyl (C=O) groups is 1. The van der Waals surface area contributed by atoms with Crippen molar-refractivity contribution < 1.29 is 9.90 Å². The van der Waals surface area contributed by atoms with Gasteiger partial charge >= 0.3 is 0 Å². The average Bonchev–Trinajstić information content (AvgIpc) is 2.79. The lowest BCUT2D eigenvalue weighted by Gasteiger charge is -2.18. The Morgan fingerprint density at radius 3 is 2.79 bits per heavy atom. The van der Waals surface area contributed by atoms with E-state index in [1.165, 1.54) is 0 Å². The summed E-state index contributed by atoms with van der Waals surface area (Å²) in [5.74, 6) is -0.116. The fraction of sp³-hybridized carbons (Fsp3) is 0.462. The molecule has 1 amide bonds. The van der Waals surface area contributed by atoms with Crippen LogP contribution in [-0.2, 0) is 4.79 Å². The highest BCUT2D eigenvalue weighted by Gasteiger charge is 2.28. The van der Waals surface area contributed by atoms with E-state index in [9.17, 15) is 9.90 Å². The minimum Gasteiger partial charge on any atom is -0.392 e. The molecule has 1 fully saturated rings. The quantitative estimate of drug-likeness (QED) is 0.799. The number of benzene rings is 1. The summed E-state index contributed by atoms with van der Waals surface area (Å²) in [4.78, 5) is 12.0. The lowest BCUT2D eigenvalue weighted by molar-refractivity contribution is -0.123. The molecule has 6 heteroatoms. The molecule has 0 aromatic heterocycles. The number of nitrogens with one attached hydrogen (secondary N) is 2. The van der Waals surface area contributed by atoms with E-state index in [0.717, 1.165) is 5.56 Å². The summed E-state index contributed by atoms with van der Waals surface area (Å²) >= 11 is 11.8. The molecule has 0 radical (unpaired) electrons. The van der Waals surface area contributed by atoms with Crippen molar-refractivity contribution in [1.29, 1.82) is 0 Å². The van der Waals surface area contributed by atoms with Gasteiger partial charge in [-0.2, -0.15) is 0 Å². The number of amides is 1. The SMILES string of the molecule is CC(NC(=O)C1CC(O)CN1)c1ccc(Cl)c(Cl)c1. The molecule has 0 saturated carbocycles. The van der Waals surface area contributed by atoms with Crippen LogP contribution in [0.4, 0.5) is 0 Å². The van der Waals surface area contributed by atoms with Gasteiger partial charge in [-0.3, -0.25) is 4.79 Å². The van der Waals surface area contributed by atoms with Crippen LogP contribution >= 0.6 is 23.2 Å². The van der Waals surface area contributed by atoms with Gasteiger partial charge in [-0.25, -0.2) is 0 Å². The number of β-amino-alcohol motifs (C(OH)–C–C–N with tert-alkyl or cyclic N) is 1. The number of rotatable bonds is 3. The van der Waals surface area contributed by atoms with Gasteiger partial charge in [0.15, 0.2) is 0 Å². The summed E-state index contributed by atoms with van der Waals surface area (Å²) < 4.78 is 0. The van der Waals surface area contributed by atoms with Crippen molar-refractivity contribution in [2.24, 2.45) is 0 Å². The van der Waals surface area contributed by atoms with Crippen molar-refractivity contribution in [3.8, 4) is 0 Å². The third-order valence-electron chi connectivity index (χ3n) is 3.23. The van der Waals surface area contributed by atoms with Gasteiger partial charge in [0.05, 0.1) is 28.2 Å². The van der Waals surface area contributed by atoms with Gasteiger partial charge in [0.2, 0.25) is 5.91 Å². The van der Waals surface area contributed by atoms with E-state index in [0.29, 0.717) is 23.0 Å². The number of aliphatic hydroxyl groups is 1. The van der Waals surface area contributed by atoms with Gasteiger partial charge in [0.25, 0.3) is 0 Å². The molecule has 1 saturated heterocycles. The normalized spacial score (nSPS) is 24.2. The summed E-state index contributed by atoms with van der Waals surface area (Å²) in [6, 6.07) is 4.78. The highest BCUT2D eigenvalue weighted by molar-refractivity contribution is 6.42. The number of hydrogen-bond acceptors (Lipinski definition) is 3. The van der Waals surface area contributed by atoms with E-state index in [1.54, 1.807) is 12.1 Å². The molecule has 3 unspecified atom stereocenters. The first-order chi connectivity index (χ1) is 8.97. The predicted molar refractivity (Wildman–Crippen MR) is 75.4 cm³/mol. The molecule has 0 aliphatic carbocycles. The molecule has 3 atom stereocenters. The predicted octanol–water partition coefficient (Wildman–Crippen LogP) is 1.89. The Balaban J connectivity index is 1.98. The Kier molecular flexibility index (Phi) is 4.68. The summed E-state index contributed by atoms with van der Waals surface area (Å²) in [6.07, 6.45) is -0.00375. The fourth-order valence-corrected chi connectivity index (χ4v) is 2.40. The van der Waals surface area contributed by atoms with Crippen molar-refractivity contribution >= 4 is 29.1 Å². The summed E-state index contributed by atoms with van der Waals surface area (Å²) in [5.41, 5.74) is 0.890. The smallest absolute Gasteiger partial charge is 0.237 e. The summed E-state index contributed by atoms with van der Waals surface area (Å²) in [7, 11) is 0. The first-order valence-electron chi connectivity index (χ1n) is 6.14. The van der Waals surface area contributed by atoms with Crippen molar-refractivity contribution in [3.63, 3.8) is 0 Å². The monoisotopic (exact) mass is 302 g/mol. The second kappa shape index (κ2) is 6.09. The molecule has 1 aliphatic rings. The van der Waals surface area contributed by atoms with Gasteiger partial charge in [-0.15, -0.1) is 0 Å². The van der Waals surface area contributed by atoms with Crippen LogP contribution in [0.15, 0.2) is 18.2 Å². The van der Waals surface area contributed by atoms with E-state index in [4.69, 9.17) is 23.2 Å². The fourth-order valence-electron chi connectivity index (χ4n) is 2.10. The van der Waals surface area contributed by atoms with Crippen LogP contribution in [-0.4, -0.2) is 29.7 Å². The van der Waals surface area contributed by atoms with Crippen LogP contribution in [0.5, 0.6) is 0 Å². The largest absolute Gasteiger partial charge is 0.392 e. The Hall–Kier alpha value is -0.810. The lowest BCUT2D eigenvalue weighted by Crippen LogP contribution is -2.41. The Labute approximate surface area is 122 Å². The molecule has 2 rings (SSSR count). The molecule has 19 heavy (non-hydrogen) atoms. The van der Waals surface area contributed by atoms with Crippen molar-refractivity contribution in [3.05, 3.63) is 33.8 Å². The van der Waals surface area contributed by atoms with E-state index in [2.05, 4.69) is 10.6 Å². The van der Waals surface area contributed by atoms with Crippen molar-refractivity contribution in [2.45, 2.75) is 31.5 Å². The summed E-state index contributed by atoms with van der Waals surface area (Å²) in [5, 5.41) is 16.2. The molecule has 0 spiro atoms. The first kappa shape index (κ1) is 14.6. The molecule has 1 aromatic rings. The van der Waals surface area contributed by atoms with Gasteiger partial charge < -0.3 is 15.7 Å². The van der Waals surface area contributed by atoms with Crippen LogP contribution in [0.25, 0.3) is 0 Å². The van der Waals surface area contributed by atoms with E-state index in [1.807, 2.05) is 13.0 Å². The number of hydrogen-bond donors (Lipinski definition) is 3. The third-order valence-corrected chi connectivity index (χ3v) is 3.97. The van der Waals surface area contributed by atoms with E-state index in [-0.39, 0.29) is 18.0 Å². The van der Waals surface area contributed by atoms with E-state index >= 15 is 0 Å².